The molecule has 1 N–H and O–H groups in total. The highest BCUT2D eigenvalue weighted by Gasteiger charge is 2.42. The van der Waals surface area contributed by atoms with Gasteiger partial charge in [-0.2, -0.15) is 4.99 Å². The molecule has 0 spiro atoms. The first kappa shape index (κ1) is 15.5. The van der Waals surface area contributed by atoms with E-state index in [1.165, 1.54) is 0 Å². The lowest BCUT2D eigenvalue weighted by molar-refractivity contribution is 0.415. The number of quaternary nitrogens is 1. The quantitative estimate of drug-likeness (QED) is 0.859. The largest absolute Gasteiger partial charge is 0.495 e. The minimum atomic E-state index is 0.0869. The lowest BCUT2D eigenvalue weighted by Crippen LogP contribution is -2.44. The molecule has 3 heterocycles. The Morgan fingerprint density at radius 3 is 2.92 bits per heavy atom. The predicted molar refractivity (Wildman–Crippen MR) is 100 cm³/mol. The first-order valence-corrected chi connectivity index (χ1v) is 7.89. The monoisotopic (exact) mass is 353 g/mol. The zero-order chi connectivity index (χ0) is 17.3. The summed E-state index contributed by atoms with van der Waals surface area (Å²) >= 11 is 6.17. The molecule has 2 aliphatic rings. The number of halogens is 1. The van der Waals surface area contributed by atoms with Crippen LogP contribution in [0.3, 0.4) is 0 Å². The van der Waals surface area contributed by atoms with Crippen molar-refractivity contribution in [3.63, 3.8) is 0 Å². The summed E-state index contributed by atoms with van der Waals surface area (Å²) in [6, 6.07) is 9.21. The lowest BCUT2D eigenvalue weighted by Gasteiger charge is -2.23. The summed E-state index contributed by atoms with van der Waals surface area (Å²) in [5, 5.41) is 8.41. The molecule has 8 heteroatoms. The molecule has 7 nitrogen and oxygen atoms in total. The number of nitrogens with zero attached hydrogens (tertiary/aromatic N) is 5. The Kier molecular flexibility index (Phi) is 3.79. The van der Waals surface area contributed by atoms with Gasteiger partial charge < -0.3 is 10.1 Å². The summed E-state index contributed by atoms with van der Waals surface area (Å²) in [5.74, 6) is 1.74. The Hall–Kier alpha value is -3.03. The van der Waals surface area contributed by atoms with Crippen LogP contribution in [0.5, 0.6) is 5.75 Å². The maximum Gasteiger partial charge on any atom is 0.287 e. The van der Waals surface area contributed by atoms with Gasteiger partial charge in [0, 0.05) is 18.0 Å². The molecule has 0 saturated carbocycles. The molecule has 0 saturated heterocycles. The number of amidine groups is 1. The molecule has 0 fully saturated rings. The van der Waals surface area contributed by atoms with Gasteiger partial charge in [-0.3, -0.25) is 9.98 Å². The van der Waals surface area contributed by atoms with Crippen LogP contribution in [-0.2, 0) is 0 Å². The van der Waals surface area contributed by atoms with Crippen LogP contribution in [0, 0.1) is 0 Å². The summed E-state index contributed by atoms with van der Waals surface area (Å²) in [5.41, 5.74) is 1.63. The van der Waals surface area contributed by atoms with Crippen LogP contribution in [0.2, 0.25) is 5.02 Å². The molecule has 25 heavy (non-hydrogen) atoms. The van der Waals surface area contributed by atoms with Gasteiger partial charge in [0.1, 0.15) is 12.0 Å². The number of hydrogen-bond acceptors (Lipinski definition) is 6. The topological polar surface area (TPSA) is 71.2 Å². The third kappa shape index (κ3) is 2.69. The van der Waals surface area contributed by atoms with E-state index >= 15 is 0 Å². The van der Waals surface area contributed by atoms with Gasteiger partial charge in [0.25, 0.3) is 11.8 Å². The standard InChI is InChI=1S/C17H14ClN6O/c1-25-15-5-4-12(9-14(15)18)21-17-22-16-11-20-7-8-24(16,23-17)13-3-2-6-19-10-13/h2-11H,1H3,(H,21,23)/q+1. The summed E-state index contributed by atoms with van der Waals surface area (Å²) in [4.78, 5) is 12.9. The molecule has 124 valence electrons. The van der Waals surface area contributed by atoms with Crippen LogP contribution in [0.25, 0.3) is 0 Å². The fourth-order valence-electron chi connectivity index (χ4n) is 2.64. The van der Waals surface area contributed by atoms with E-state index in [0.717, 1.165) is 11.4 Å². The van der Waals surface area contributed by atoms with Gasteiger partial charge in [-0.25, -0.2) is 0 Å². The number of anilines is 1. The fourth-order valence-corrected chi connectivity index (χ4v) is 2.89. The average molecular weight is 354 g/mol. The van der Waals surface area contributed by atoms with Crippen molar-refractivity contribution in [3.8, 4) is 5.75 Å². The molecule has 2 aromatic rings. The highest BCUT2D eigenvalue weighted by Crippen LogP contribution is 2.31. The third-order valence-electron chi connectivity index (χ3n) is 3.83. The number of nitrogens with one attached hydrogen (secondary N) is 1. The van der Waals surface area contributed by atoms with E-state index in [2.05, 4.69) is 20.3 Å². The van der Waals surface area contributed by atoms with Gasteiger partial charge in [-0.1, -0.05) is 16.2 Å². The number of hydrogen-bond donors (Lipinski definition) is 1. The minimum Gasteiger partial charge on any atom is -0.495 e. The minimum absolute atomic E-state index is 0.0869. The second-order valence-corrected chi connectivity index (χ2v) is 5.75. The van der Waals surface area contributed by atoms with Crippen LogP contribution in [0.4, 0.5) is 11.4 Å². The van der Waals surface area contributed by atoms with Crippen molar-refractivity contribution in [2.75, 3.05) is 12.4 Å². The summed E-state index contributed by atoms with van der Waals surface area (Å²) in [6.07, 6.45) is 8.72. The maximum absolute atomic E-state index is 6.17. The second kappa shape index (κ2) is 6.12. The van der Waals surface area contributed by atoms with Gasteiger partial charge >= 0.3 is 0 Å². The normalized spacial score (nSPS) is 20.7. The Morgan fingerprint density at radius 1 is 1.24 bits per heavy atom. The van der Waals surface area contributed by atoms with E-state index in [1.54, 1.807) is 44.1 Å². The molecule has 0 aliphatic carbocycles. The van der Waals surface area contributed by atoms with Crippen LogP contribution in [-0.4, -0.2) is 30.1 Å². The molecular weight excluding hydrogens is 340 g/mol. The second-order valence-electron chi connectivity index (χ2n) is 5.34. The first-order valence-electron chi connectivity index (χ1n) is 7.51. The number of fused-ring (bicyclic) bond motifs is 1. The molecule has 0 radical (unpaired) electrons. The fraction of sp³-hybridized carbons (Fsp3) is 0.0588. The van der Waals surface area contributed by atoms with Crippen molar-refractivity contribution in [2.24, 2.45) is 15.1 Å². The molecule has 1 atom stereocenters. The number of aromatic nitrogens is 1. The van der Waals surface area contributed by atoms with E-state index in [0.29, 0.717) is 22.6 Å². The third-order valence-corrected chi connectivity index (χ3v) is 4.12. The molecular formula is C17H14ClN6O+. The Bertz CT molecular complexity index is 937. The smallest absolute Gasteiger partial charge is 0.287 e. The molecule has 4 rings (SSSR count). The van der Waals surface area contributed by atoms with Crippen molar-refractivity contribution in [2.45, 2.75) is 0 Å². The average Bonchev–Trinajstić information content (AvgIpc) is 3.02. The highest BCUT2D eigenvalue weighted by atomic mass is 35.5. The molecule has 1 aromatic carbocycles. The Morgan fingerprint density at radius 2 is 2.16 bits per heavy atom. The van der Waals surface area contributed by atoms with Crippen molar-refractivity contribution in [1.29, 1.82) is 0 Å². The van der Waals surface area contributed by atoms with E-state index in [1.807, 2.05) is 24.4 Å². The molecule has 0 bridgehead atoms. The lowest BCUT2D eigenvalue weighted by atomic mass is 10.3. The summed E-state index contributed by atoms with van der Waals surface area (Å²) in [6.45, 7) is 0. The van der Waals surface area contributed by atoms with Crippen molar-refractivity contribution in [3.05, 3.63) is 60.1 Å². The number of benzene rings is 1. The van der Waals surface area contributed by atoms with E-state index < -0.39 is 0 Å². The van der Waals surface area contributed by atoms with E-state index in [-0.39, 0.29) is 4.59 Å². The van der Waals surface area contributed by atoms with Gasteiger partial charge in [0.15, 0.2) is 11.9 Å². The first-order chi connectivity index (χ1) is 12.2. The Labute approximate surface area is 149 Å². The van der Waals surface area contributed by atoms with Gasteiger partial charge in [0.05, 0.1) is 24.5 Å². The number of aliphatic imine (C=N–C) groups is 2. The number of pyridine rings is 1. The number of guanidine groups is 1. The predicted octanol–water partition coefficient (Wildman–Crippen LogP) is 3.40. The molecule has 2 aliphatic heterocycles. The SMILES string of the molecule is COc1ccc(NC2=N[N+]3(c4cccnc4)C=CN=CC3=N2)cc1Cl. The number of rotatable bonds is 3. The summed E-state index contributed by atoms with van der Waals surface area (Å²) < 4.78 is 5.25. The number of methoxy groups -OCH3 is 1. The van der Waals surface area contributed by atoms with Crippen LogP contribution in [0.15, 0.2) is 70.2 Å². The van der Waals surface area contributed by atoms with E-state index in [9.17, 15) is 0 Å². The maximum atomic E-state index is 6.17. The highest BCUT2D eigenvalue weighted by molar-refractivity contribution is 6.38. The van der Waals surface area contributed by atoms with Crippen LogP contribution >= 0.6 is 11.6 Å². The zero-order valence-corrected chi connectivity index (χ0v) is 14.1. The van der Waals surface area contributed by atoms with E-state index in [4.69, 9.17) is 21.4 Å². The van der Waals surface area contributed by atoms with Crippen LogP contribution < -0.4 is 14.6 Å². The molecule has 1 aromatic heterocycles. The number of ether oxygens (including phenoxy) is 1. The van der Waals surface area contributed by atoms with Gasteiger partial charge in [-0.05, 0) is 29.4 Å². The van der Waals surface area contributed by atoms with Gasteiger partial charge in [0.2, 0.25) is 0 Å². The summed E-state index contributed by atoms with van der Waals surface area (Å²) in [7, 11) is 1.58. The van der Waals surface area contributed by atoms with Crippen molar-refractivity contribution < 1.29 is 4.74 Å². The molecule has 1 unspecified atom stereocenters. The molecule has 0 amide bonds. The Balaban J connectivity index is 1.70. The van der Waals surface area contributed by atoms with Crippen molar-refractivity contribution in [1.82, 2.24) is 9.58 Å². The zero-order valence-electron chi connectivity index (χ0n) is 13.3. The van der Waals surface area contributed by atoms with Gasteiger partial charge in [-0.15, -0.1) is 0 Å². The van der Waals surface area contributed by atoms with Crippen LogP contribution in [0.1, 0.15) is 0 Å². The van der Waals surface area contributed by atoms with Crippen molar-refractivity contribution >= 4 is 41.0 Å².